The molecule has 0 aliphatic carbocycles. The number of carbonyl (C=O) groups is 1. The smallest absolute Gasteiger partial charge is 0.307 e. The average molecular weight is 287 g/mol. The second-order valence-electron chi connectivity index (χ2n) is 5.22. The van der Waals surface area contributed by atoms with Crippen LogP contribution in [-0.4, -0.2) is 22.5 Å². The second-order valence-corrected chi connectivity index (χ2v) is 6.22. The number of hydrogen-bond acceptors (Lipinski definition) is 3. The number of benzene rings is 1. The van der Waals surface area contributed by atoms with Gasteiger partial charge in [-0.2, -0.15) is 0 Å². The molecule has 1 aromatic carbocycles. The highest BCUT2D eigenvalue weighted by Crippen LogP contribution is 2.25. The van der Waals surface area contributed by atoms with Gasteiger partial charge >= 0.3 is 5.97 Å². The molecule has 0 amide bonds. The van der Waals surface area contributed by atoms with Crippen LogP contribution in [0.25, 0.3) is 0 Å². The van der Waals surface area contributed by atoms with Gasteiger partial charge in [-0.05, 0) is 34.6 Å². The molecule has 1 aliphatic heterocycles. The van der Waals surface area contributed by atoms with Gasteiger partial charge in [-0.25, -0.2) is 0 Å². The van der Waals surface area contributed by atoms with Gasteiger partial charge in [0.15, 0.2) is 0 Å². The first-order valence-electron chi connectivity index (χ1n) is 6.78. The van der Waals surface area contributed by atoms with Gasteiger partial charge in [0.25, 0.3) is 0 Å². The summed E-state index contributed by atoms with van der Waals surface area (Å²) in [4.78, 5) is 14.6. The van der Waals surface area contributed by atoms with Crippen LogP contribution >= 0.6 is 11.3 Å². The Balaban J connectivity index is 1.62. The summed E-state index contributed by atoms with van der Waals surface area (Å²) in [5.41, 5.74) is 3.57. The molecule has 3 rings (SSSR count). The van der Waals surface area contributed by atoms with Crippen molar-refractivity contribution in [2.24, 2.45) is 0 Å². The van der Waals surface area contributed by atoms with Gasteiger partial charge in [0, 0.05) is 24.5 Å². The van der Waals surface area contributed by atoms with Crippen molar-refractivity contribution in [2.45, 2.75) is 25.9 Å². The molecule has 1 N–H and O–H groups in total. The number of nitrogens with zero attached hydrogens (tertiary/aromatic N) is 1. The fourth-order valence-corrected chi connectivity index (χ4v) is 3.53. The van der Waals surface area contributed by atoms with E-state index < -0.39 is 5.97 Å². The Labute approximate surface area is 122 Å². The highest BCUT2D eigenvalue weighted by molar-refractivity contribution is 7.10. The SMILES string of the molecule is O=C(O)Cc1ccc(CN2CCc3sccc3C2)cc1. The van der Waals surface area contributed by atoms with Crippen LogP contribution in [0.15, 0.2) is 35.7 Å². The fraction of sp³-hybridized carbons (Fsp3) is 0.312. The number of thiophene rings is 1. The Morgan fingerprint density at radius 3 is 2.70 bits per heavy atom. The molecule has 0 atom stereocenters. The van der Waals surface area contributed by atoms with Crippen molar-refractivity contribution in [3.63, 3.8) is 0 Å². The van der Waals surface area contributed by atoms with Crippen LogP contribution in [0, 0.1) is 0 Å². The number of carboxylic acids is 1. The van der Waals surface area contributed by atoms with Gasteiger partial charge in [0.2, 0.25) is 0 Å². The molecule has 0 saturated carbocycles. The van der Waals surface area contributed by atoms with Gasteiger partial charge in [0.05, 0.1) is 6.42 Å². The Hall–Kier alpha value is -1.65. The number of aliphatic carboxylic acids is 1. The summed E-state index contributed by atoms with van der Waals surface area (Å²) in [6.07, 6.45) is 1.24. The lowest BCUT2D eigenvalue weighted by atomic mass is 10.1. The summed E-state index contributed by atoms with van der Waals surface area (Å²) in [7, 11) is 0. The number of fused-ring (bicyclic) bond motifs is 1. The van der Waals surface area contributed by atoms with E-state index in [-0.39, 0.29) is 6.42 Å². The van der Waals surface area contributed by atoms with Gasteiger partial charge < -0.3 is 5.11 Å². The van der Waals surface area contributed by atoms with E-state index in [4.69, 9.17) is 5.11 Å². The average Bonchev–Trinajstić information content (AvgIpc) is 2.88. The molecule has 4 heteroatoms. The predicted molar refractivity (Wildman–Crippen MR) is 79.9 cm³/mol. The van der Waals surface area contributed by atoms with E-state index in [0.717, 1.165) is 31.6 Å². The van der Waals surface area contributed by atoms with E-state index >= 15 is 0 Å². The van der Waals surface area contributed by atoms with E-state index in [1.165, 1.54) is 16.0 Å². The largest absolute Gasteiger partial charge is 0.481 e. The Kier molecular flexibility index (Phi) is 3.85. The maximum Gasteiger partial charge on any atom is 0.307 e. The normalized spacial score (nSPS) is 15.0. The summed E-state index contributed by atoms with van der Waals surface area (Å²) in [6.45, 7) is 3.06. The Morgan fingerprint density at radius 1 is 1.20 bits per heavy atom. The highest BCUT2D eigenvalue weighted by atomic mass is 32.1. The third-order valence-corrected chi connectivity index (χ3v) is 4.69. The molecule has 104 valence electrons. The number of carboxylic acid groups (broad SMARTS) is 1. The van der Waals surface area contributed by atoms with Gasteiger partial charge in [-0.1, -0.05) is 24.3 Å². The summed E-state index contributed by atoms with van der Waals surface area (Å²) in [5, 5.41) is 10.9. The van der Waals surface area contributed by atoms with Crippen molar-refractivity contribution in [3.8, 4) is 0 Å². The minimum Gasteiger partial charge on any atom is -0.481 e. The predicted octanol–water partition coefficient (Wildman–Crippen LogP) is 2.93. The Morgan fingerprint density at radius 2 is 1.95 bits per heavy atom. The number of rotatable bonds is 4. The third-order valence-electron chi connectivity index (χ3n) is 3.67. The van der Waals surface area contributed by atoms with E-state index in [9.17, 15) is 4.79 Å². The molecule has 2 heterocycles. The zero-order valence-corrected chi connectivity index (χ0v) is 12.0. The first kappa shape index (κ1) is 13.3. The second kappa shape index (κ2) is 5.77. The van der Waals surface area contributed by atoms with Crippen LogP contribution < -0.4 is 0 Å². The quantitative estimate of drug-likeness (QED) is 0.940. The fourth-order valence-electron chi connectivity index (χ4n) is 2.64. The third kappa shape index (κ3) is 3.08. The zero-order valence-electron chi connectivity index (χ0n) is 11.2. The molecule has 3 nitrogen and oxygen atoms in total. The first-order valence-corrected chi connectivity index (χ1v) is 7.66. The van der Waals surface area contributed by atoms with Gasteiger partial charge in [0.1, 0.15) is 0 Å². The van der Waals surface area contributed by atoms with Crippen molar-refractivity contribution in [1.29, 1.82) is 0 Å². The molecule has 0 spiro atoms. The maximum absolute atomic E-state index is 10.7. The van der Waals surface area contributed by atoms with Crippen molar-refractivity contribution in [3.05, 3.63) is 57.3 Å². The summed E-state index contributed by atoms with van der Waals surface area (Å²) < 4.78 is 0. The lowest BCUT2D eigenvalue weighted by molar-refractivity contribution is -0.136. The topological polar surface area (TPSA) is 40.5 Å². The number of hydrogen-bond donors (Lipinski definition) is 1. The minimum absolute atomic E-state index is 0.0995. The van der Waals surface area contributed by atoms with Crippen molar-refractivity contribution in [1.82, 2.24) is 4.90 Å². The summed E-state index contributed by atoms with van der Waals surface area (Å²) >= 11 is 1.86. The standard InChI is InChI=1S/C16H17NO2S/c18-16(19)9-12-1-3-13(4-2-12)10-17-7-5-15-14(11-17)6-8-20-15/h1-4,6,8H,5,7,9-11H2,(H,18,19). The van der Waals surface area contributed by atoms with Crippen molar-refractivity contribution in [2.75, 3.05) is 6.54 Å². The van der Waals surface area contributed by atoms with E-state index in [0.29, 0.717) is 0 Å². The van der Waals surface area contributed by atoms with Crippen LogP contribution in [0.2, 0.25) is 0 Å². The van der Waals surface area contributed by atoms with Crippen LogP contribution in [-0.2, 0) is 30.7 Å². The van der Waals surface area contributed by atoms with E-state index in [1.807, 2.05) is 35.6 Å². The lowest BCUT2D eigenvalue weighted by Crippen LogP contribution is -2.29. The van der Waals surface area contributed by atoms with E-state index in [2.05, 4.69) is 16.3 Å². The van der Waals surface area contributed by atoms with Gasteiger partial charge in [-0.3, -0.25) is 9.69 Å². The molecule has 0 unspecified atom stereocenters. The first-order chi connectivity index (χ1) is 9.70. The molecule has 2 aromatic rings. The van der Waals surface area contributed by atoms with Gasteiger partial charge in [-0.15, -0.1) is 11.3 Å². The molecule has 0 radical (unpaired) electrons. The molecular formula is C16H17NO2S. The van der Waals surface area contributed by atoms with Crippen LogP contribution in [0.3, 0.4) is 0 Å². The molecular weight excluding hydrogens is 270 g/mol. The minimum atomic E-state index is -0.779. The van der Waals surface area contributed by atoms with Crippen molar-refractivity contribution >= 4 is 17.3 Å². The van der Waals surface area contributed by atoms with Crippen LogP contribution in [0.4, 0.5) is 0 Å². The highest BCUT2D eigenvalue weighted by Gasteiger charge is 2.17. The lowest BCUT2D eigenvalue weighted by Gasteiger charge is -2.26. The Bertz CT molecular complexity index is 603. The van der Waals surface area contributed by atoms with Crippen molar-refractivity contribution < 1.29 is 9.90 Å². The molecule has 0 fully saturated rings. The molecule has 1 aliphatic rings. The maximum atomic E-state index is 10.7. The molecule has 20 heavy (non-hydrogen) atoms. The molecule has 0 bridgehead atoms. The van der Waals surface area contributed by atoms with Crippen LogP contribution in [0.1, 0.15) is 21.6 Å². The molecule has 1 aromatic heterocycles. The summed E-state index contributed by atoms with van der Waals surface area (Å²) in [6, 6.07) is 10.2. The van der Waals surface area contributed by atoms with Crippen LogP contribution in [0.5, 0.6) is 0 Å². The molecule has 0 saturated heterocycles. The zero-order chi connectivity index (χ0) is 13.9. The van der Waals surface area contributed by atoms with E-state index in [1.54, 1.807) is 0 Å². The monoisotopic (exact) mass is 287 g/mol. The summed E-state index contributed by atoms with van der Waals surface area (Å²) in [5.74, 6) is -0.779.